The molecule has 0 aromatic heterocycles. The fourth-order valence-electron chi connectivity index (χ4n) is 1.89. The fraction of sp³-hybridized carbons (Fsp3) is 0.462. The highest BCUT2D eigenvalue weighted by atomic mass is 19.2. The first-order chi connectivity index (χ1) is 9.61. The second kappa shape index (κ2) is 6.51. The number of hydrogen-bond donors (Lipinski definition) is 1. The van der Waals surface area contributed by atoms with E-state index >= 15 is 0 Å². The van der Waals surface area contributed by atoms with Gasteiger partial charge < -0.3 is 19.7 Å². The number of piperazine rings is 1. The Bertz CT molecular complexity index is 479. The van der Waals surface area contributed by atoms with E-state index in [1.54, 1.807) is 0 Å². The van der Waals surface area contributed by atoms with Crippen LogP contribution in [0.1, 0.15) is 11.9 Å². The highest BCUT2D eigenvalue weighted by Crippen LogP contribution is 2.26. The van der Waals surface area contributed by atoms with Crippen molar-refractivity contribution in [2.24, 2.45) is 0 Å². The van der Waals surface area contributed by atoms with Gasteiger partial charge in [0.1, 0.15) is 11.6 Å². The van der Waals surface area contributed by atoms with Crippen LogP contribution >= 0.6 is 0 Å². The summed E-state index contributed by atoms with van der Waals surface area (Å²) in [5.41, 5.74) is -0.325. The Morgan fingerprint density at radius 1 is 1.40 bits per heavy atom. The summed E-state index contributed by atoms with van der Waals surface area (Å²) in [5, 5.41) is 3.06. The molecule has 0 saturated carbocycles. The molecule has 0 aliphatic carbocycles. The molecule has 110 valence electrons. The van der Waals surface area contributed by atoms with Crippen molar-refractivity contribution in [1.29, 1.82) is 0 Å². The maximum atomic E-state index is 13.9. The van der Waals surface area contributed by atoms with Crippen molar-refractivity contribution in [3.63, 3.8) is 0 Å². The van der Waals surface area contributed by atoms with E-state index < -0.39 is 18.3 Å². The number of nitrogens with zero attached hydrogens (tertiary/aromatic N) is 1. The molecular weight excluding hydrogens is 270 g/mol. The molecule has 5 nitrogen and oxygen atoms in total. The van der Waals surface area contributed by atoms with Gasteiger partial charge in [-0.15, -0.1) is 0 Å². The van der Waals surface area contributed by atoms with Gasteiger partial charge in [-0.25, -0.2) is 9.18 Å². The smallest absolute Gasteiger partial charge is 0.412 e. The summed E-state index contributed by atoms with van der Waals surface area (Å²) < 4.78 is 37.0. The largest absolute Gasteiger partial charge is 0.497 e. The maximum Gasteiger partial charge on any atom is 0.412 e. The molecule has 1 amide bonds. The maximum absolute atomic E-state index is 13.9. The highest BCUT2D eigenvalue weighted by Gasteiger charge is 2.24. The summed E-state index contributed by atoms with van der Waals surface area (Å²) in [6, 6.07) is 3.65. The zero-order chi connectivity index (χ0) is 14.5. The number of halogens is 2. The predicted octanol–water partition coefficient (Wildman–Crippen LogP) is 1.84. The van der Waals surface area contributed by atoms with E-state index in [-0.39, 0.29) is 11.3 Å². The Hall–Kier alpha value is -1.89. The molecule has 1 heterocycles. The SMILES string of the molecule is COc1ccc(C(F)OC(=O)N2CCNCC2)c(F)c1. The number of alkyl halides is 1. The molecule has 0 radical (unpaired) electrons. The number of rotatable bonds is 3. The molecule has 1 atom stereocenters. The Morgan fingerprint density at radius 3 is 2.70 bits per heavy atom. The van der Waals surface area contributed by atoms with Crippen molar-refractivity contribution in [3.05, 3.63) is 29.6 Å². The van der Waals surface area contributed by atoms with E-state index in [0.29, 0.717) is 26.2 Å². The van der Waals surface area contributed by atoms with Gasteiger partial charge in [-0.1, -0.05) is 0 Å². The number of ether oxygens (including phenoxy) is 2. The van der Waals surface area contributed by atoms with E-state index in [9.17, 15) is 13.6 Å². The quantitative estimate of drug-likeness (QED) is 0.921. The lowest BCUT2D eigenvalue weighted by Crippen LogP contribution is -2.46. The summed E-state index contributed by atoms with van der Waals surface area (Å²) in [6.07, 6.45) is -2.92. The normalized spacial score (nSPS) is 16.6. The van der Waals surface area contributed by atoms with Crippen molar-refractivity contribution in [2.45, 2.75) is 6.36 Å². The van der Waals surface area contributed by atoms with Crippen LogP contribution in [0.15, 0.2) is 18.2 Å². The van der Waals surface area contributed by atoms with Gasteiger partial charge >= 0.3 is 6.09 Å². The van der Waals surface area contributed by atoms with Crippen molar-refractivity contribution in [3.8, 4) is 5.75 Å². The van der Waals surface area contributed by atoms with E-state index in [0.717, 1.165) is 6.07 Å². The molecule has 1 aliphatic rings. The number of carbonyl (C=O) groups is 1. The topological polar surface area (TPSA) is 50.8 Å². The van der Waals surface area contributed by atoms with E-state index in [1.807, 2.05) is 0 Å². The molecule has 1 fully saturated rings. The summed E-state index contributed by atoms with van der Waals surface area (Å²) >= 11 is 0. The molecule has 2 rings (SSSR count). The molecule has 1 aliphatic heterocycles. The Balaban J connectivity index is 2.00. The predicted molar refractivity (Wildman–Crippen MR) is 67.7 cm³/mol. The monoisotopic (exact) mass is 286 g/mol. The van der Waals surface area contributed by atoms with Crippen molar-refractivity contribution in [1.82, 2.24) is 10.2 Å². The lowest BCUT2D eigenvalue weighted by Gasteiger charge is -2.27. The van der Waals surface area contributed by atoms with Gasteiger partial charge in [-0.3, -0.25) is 0 Å². The molecule has 1 aromatic rings. The Morgan fingerprint density at radius 2 is 2.10 bits per heavy atom. The number of nitrogens with one attached hydrogen (secondary N) is 1. The third-order valence-corrected chi connectivity index (χ3v) is 3.03. The van der Waals surface area contributed by atoms with Gasteiger partial charge in [-0.05, 0) is 12.1 Å². The van der Waals surface area contributed by atoms with E-state index in [4.69, 9.17) is 4.74 Å². The zero-order valence-corrected chi connectivity index (χ0v) is 11.1. The van der Waals surface area contributed by atoms with Gasteiger partial charge in [0.15, 0.2) is 0 Å². The van der Waals surface area contributed by atoms with Crippen LogP contribution in [0.4, 0.5) is 13.6 Å². The second-order valence-corrected chi connectivity index (χ2v) is 4.32. The first-order valence-electron chi connectivity index (χ1n) is 6.25. The number of methoxy groups -OCH3 is 1. The van der Waals surface area contributed by atoms with E-state index in [2.05, 4.69) is 10.1 Å². The molecule has 0 spiro atoms. The van der Waals surface area contributed by atoms with Crippen molar-refractivity contribution >= 4 is 6.09 Å². The first kappa shape index (κ1) is 14.5. The molecular formula is C13H16F2N2O3. The first-order valence-corrected chi connectivity index (χ1v) is 6.25. The fourth-order valence-corrected chi connectivity index (χ4v) is 1.89. The van der Waals surface area contributed by atoms with Crippen LogP contribution in [-0.2, 0) is 4.74 Å². The van der Waals surface area contributed by atoms with Gasteiger partial charge in [0.2, 0.25) is 0 Å². The van der Waals surface area contributed by atoms with Gasteiger partial charge in [0, 0.05) is 32.2 Å². The van der Waals surface area contributed by atoms with Gasteiger partial charge in [0.05, 0.1) is 12.7 Å². The minimum absolute atomic E-state index is 0.270. The van der Waals surface area contributed by atoms with Crippen LogP contribution < -0.4 is 10.1 Å². The van der Waals surface area contributed by atoms with Crippen LogP contribution in [0.25, 0.3) is 0 Å². The molecule has 20 heavy (non-hydrogen) atoms. The third kappa shape index (κ3) is 3.36. The lowest BCUT2D eigenvalue weighted by atomic mass is 10.2. The second-order valence-electron chi connectivity index (χ2n) is 4.32. The molecule has 1 N–H and O–H groups in total. The Kier molecular flexibility index (Phi) is 4.73. The third-order valence-electron chi connectivity index (χ3n) is 3.03. The van der Waals surface area contributed by atoms with E-state index in [1.165, 1.54) is 24.1 Å². The zero-order valence-electron chi connectivity index (χ0n) is 11.1. The Labute approximate surface area is 115 Å². The lowest BCUT2D eigenvalue weighted by molar-refractivity contribution is -0.0111. The summed E-state index contributed by atoms with van der Waals surface area (Å²) in [5.74, 6) is -0.545. The minimum atomic E-state index is -2.14. The van der Waals surface area contributed by atoms with Gasteiger partial charge in [0.25, 0.3) is 6.36 Å². The van der Waals surface area contributed by atoms with Crippen LogP contribution in [0.5, 0.6) is 5.75 Å². The summed E-state index contributed by atoms with van der Waals surface area (Å²) in [7, 11) is 1.38. The number of carbonyl (C=O) groups excluding carboxylic acids is 1. The average molecular weight is 286 g/mol. The highest BCUT2D eigenvalue weighted by molar-refractivity contribution is 5.68. The van der Waals surface area contributed by atoms with Crippen LogP contribution in [0, 0.1) is 5.82 Å². The van der Waals surface area contributed by atoms with Crippen molar-refractivity contribution < 1.29 is 23.0 Å². The summed E-state index contributed by atoms with van der Waals surface area (Å²) in [4.78, 5) is 13.1. The molecule has 1 aromatic carbocycles. The average Bonchev–Trinajstić information content (AvgIpc) is 2.47. The van der Waals surface area contributed by atoms with Gasteiger partial charge in [-0.2, -0.15) is 4.39 Å². The minimum Gasteiger partial charge on any atom is -0.497 e. The summed E-state index contributed by atoms with van der Waals surface area (Å²) in [6.45, 7) is 2.14. The number of hydrogen-bond acceptors (Lipinski definition) is 4. The number of amides is 1. The molecule has 1 saturated heterocycles. The standard InChI is InChI=1S/C13H16F2N2O3/c1-19-9-2-3-10(11(14)8-9)12(15)20-13(18)17-6-4-16-5-7-17/h2-3,8,12,16H,4-7H2,1H3. The van der Waals surface area contributed by atoms with Crippen LogP contribution in [0.2, 0.25) is 0 Å². The number of benzene rings is 1. The van der Waals surface area contributed by atoms with Crippen LogP contribution in [-0.4, -0.2) is 44.3 Å². The molecule has 7 heteroatoms. The molecule has 1 unspecified atom stereocenters. The van der Waals surface area contributed by atoms with Crippen LogP contribution in [0.3, 0.4) is 0 Å². The molecule has 0 bridgehead atoms. The van der Waals surface area contributed by atoms with Crippen molar-refractivity contribution in [2.75, 3.05) is 33.3 Å².